The fourth-order valence-electron chi connectivity index (χ4n) is 2.52. The van der Waals surface area contributed by atoms with Gasteiger partial charge < -0.3 is 0 Å². The summed E-state index contributed by atoms with van der Waals surface area (Å²) in [5, 5.41) is 0. The maximum Gasteiger partial charge on any atom is 0.255 e. The molecule has 3 rings (SSSR count). The number of aromatic nitrogens is 1. The van der Waals surface area contributed by atoms with Crippen LogP contribution in [-0.4, -0.2) is 10.4 Å². The lowest BCUT2D eigenvalue weighted by atomic mass is 10.0. The van der Waals surface area contributed by atoms with Crippen LogP contribution < -0.4 is 5.56 Å². The Morgan fingerprint density at radius 3 is 2.22 bits per heavy atom. The normalized spacial score (nSPS) is 12.0. The van der Waals surface area contributed by atoms with Gasteiger partial charge in [-0.3, -0.25) is 14.2 Å². The summed E-state index contributed by atoms with van der Waals surface area (Å²) in [5.41, 5.74) is -1.59. The van der Waals surface area contributed by atoms with Crippen molar-refractivity contribution in [3.05, 3.63) is 99.5 Å². The lowest BCUT2D eigenvalue weighted by Crippen LogP contribution is -2.21. The van der Waals surface area contributed by atoms with Crippen LogP contribution in [0.5, 0.6) is 0 Å². The van der Waals surface area contributed by atoms with Gasteiger partial charge in [0.05, 0.1) is 0 Å². The quantitative estimate of drug-likeness (QED) is 0.335. The van der Waals surface area contributed by atoms with E-state index in [-0.39, 0.29) is 11.1 Å². The number of nitrogens with zero attached hydrogens (tertiary/aromatic N) is 1. The first-order chi connectivity index (χ1) is 12.8. The highest BCUT2D eigenvalue weighted by molar-refractivity contribution is 9.09. The van der Waals surface area contributed by atoms with Crippen LogP contribution >= 0.6 is 15.9 Å². The van der Waals surface area contributed by atoms with Gasteiger partial charge in [0.25, 0.3) is 5.56 Å². The van der Waals surface area contributed by atoms with Gasteiger partial charge in [0, 0.05) is 29.5 Å². The number of ketones is 1. The number of halogens is 5. The minimum Gasteiger partial charge on any atom is -0.292 e. The molecule has 0 N–H and O–H groups in total. The van der Waals surface area contributed by atoms with Crippen LogP contribution in [0.4, 0.5) is 17.6 Å². The molecule has 0 bridgehead atoms. The molecule has 0 saturated heterocycles. The Kier molecular flexibility index (Phi) is 5.27. The van der Waals surface area contributed by atoms with Crippen LogP contribution in [0.1, 0.15) is 20.7 Å². The number of alkyl halides is 1. The van der Waals surface area contributed by atoms with Gasteiger partial charge in [-0.1, -0.05) is 28.1 Å². The van der Waals surface area contributed by atoms with Crippen molar-refractivity contribution in [2.24, 2.45) is 0 Å². The zero-order valence-electron chi connectivity index (χ0n) is 13.4. The number of hydrogen-bond acceptors (Lipinski definition) is 2. The van der Waals surface area contributed by atoms with E-state index < -0.39 is 45.1 Å². The Hall–Kier alpha value is -2.74. The van der Waals surface area contributed by atoms with Crippen molar-refractivity contribution in [3.63, 3.8) is 0 Å². The molecule has 1 unspecified atom stereocenters. The second-order valence-electron chi connectivity index (χ2n) is 5.59. The predicted octanol–water partition coefficient (Wildman–Crippen LogP) is 4.71. The van der Waals surface area contributed by atoms with E-state index in [9.17, 15) is 27.2 Å². The van der Waals surface area contributed by atoms with E-state index in [1.165, 1.54) is 0 Å². The molecule has 27 heavy (non-hydrogen) atoms. The summed E-state index contributed by atoms with van der Waals surface area (Å²) in [5.74, 6) is -4.37. The third-order valence-corrected chi connectivity index (χ3v) is 4.75. The Morgan fingerprint density at radius 2 is 1.59 bits per heavy atom. The fourth-order valence-corrected chi connectivity index (χ4v) is 3.16. The van der Waals surface area contributed by atoms with Crippen LogP contribution in [0.25, 0.3) is 5.69 Å². The molecule has 0 fully saturated rings. The fraction of sp³-hybridized carbons (Fsp3) is 0.0526. The van der Waals surface area contributed by atoms with Crippen LogP contribution in [0.15, 0.2) is 59.5 Å². The maximum absolute atomic E-state index is 14.0. The third-order valence-electron chi connectivity index (χ3n) is 3.84. The summed E-state index contributed by atoms with van der Waals surface area (Å²) in [6.07, 6.45) is 0.974. The number of carbonyl (C=O) groups is 1. The van der Waals surface area contributed by atoms with Gasteiger partial charge in [-0.2, -0.15) is 0 Å². The van der Waals surface area contributed by atoms with Gasteiger partial charge in [0.2, 0.25) is 0 Å². The van der Waals surface area contributed by atoms with E-state index in [4.69, 9.17) is 0 Å². The van der Waals surface area contributed by atoms with Gasteiger partial charge in [0.15, 0.2) is 5.78 Å². The molecule has 0 aliphatic rings. The zero-order valence-corrected chi connectivity index (χ0v) is 15.0. The summed E-state index contributed by atoms with van der Waals surface area (Å²) in [7, 11) is 0. The number of carbonyl (C=O) groups excluding carboxylic acids is 1. The second kappa shape index (κ2) is 7.48. The van der Waals surface area contributed by atoms with Gasteiger partial charge in [0.1, 0.15) is 33.8 Å². The standard InChI is InChI=1S/C19H10BrF4NO2/c20-17(12-6-5-11(21)8-15(12)24)19(27)10-4-7-16(26)25(9-10)18-13(22)2-1-3-14(18)23/h1-9,17H. The molecule has 2 aromatic carbocycles. The first-order valence-corrected chi connectivity index (χ1v) is 8.51. The largest absolute Gasteiger partial charge is 0.292 e. The van der Waals surface area contributed by atoms with Gasteiger partial charge in [-0.15, -0.1) is 0 Å². The van der Waals surface area contributed by atoms with Gasteiger partial charge in [-0.05, 0) is 24.3 Å². The van der Waals surface area contributed by atoms with Crippen molar-refractivity contribution in [1.29, 1.82) is 0 Å². The molecule has 0 aliphatic carbocycles. The Balaban J connectivity index is 2.05. The highest BCUT2D eigenvalue weighted by Gasteiger charge is 2.24. The minimum absolute atomic E-state index is 0.0946. The first-order valence-electron chi connectivity index (χ1n) is 7.60. The number of para-hydroxylation sites is 1. The Morgan fingerprint density at radius 1 is 0.926 bits per heavy atom. The van der Waals surface area contributed by atoms with Crippen LogP contribution in [0.3, 0.4) is 0 Å². The molecule has 0 aliphatic heterocycles. The molecule has 3 nitrogen and oxygen atoms in total. The molecule has 8 heteroatoms. The van der Waals surface area contributed by atoms with E-state index in [1.54, 1.807) is 0 Å². The minimum atomic E-state index is -1.19. The van der Waals surface area contributed by atoms with Crippen LogP contribution in [0, 0.1) is 23.3 Å². The molecular formula is C19H10BrF4NO2. The summed E-state index contributed by atoms with van der Waals surface area (Å²) in [6, 6.07) is 7.95. The van der Waals surface area contributed by atoms with Crippen LogP contribution in [0.2, 0.25) is 0 Å². The Bertz CT molecular complexity index is 1080. The maximum atomic E-state index is 14.0. The lowest BCUT2D eigenvalue weighted by Gasteiger charge is -2.13. The van der Waals surface area contributed by atoms with E-state index >= 15 is 0 Å². The smallest absolute Gasteiger partial charge is 0.255 e. The van der Waals surface area contributed by atoms with Crippen molar-refractivity contribution in [2.75, 3.05) is 0 Å². The monoisotopic (exact) mass is 439 g/mol. The highest BCUT2D eigenvalue weighted by Crippen LogP contribution is 2.29. The van der Waals surface area contributed by atoms with Crippen molar-refractivity contribution in [2.45, 2.75) is 4.83 Å². The number of benzene rings is 2. The first kappa shape index (κ1) is 19.0. The van der Waals surface area contributed by atoms with Crippen molar-refractivity contribution in [3.8, 4) is 5.69 Å². The molecule has 3 aromatic rings. The molecule has 0 saturated carbocycles. The SMILES string of the molecule is O=C(c1ccc(=O)n(-c2c(F)cccc2F)c1)C(Br)c1ccc(F)cc1F. The number of Topliss-reactive ketones (excluding diaryl/α,β-unsaturated/α-hetero) is 1. The van der Waals surface area contributed by atoms with E-state index in [2.05, 4.69) is 15.9 Å². The molecule has 0 spiro atoms. The Labute approximate surface area is 159 Å². The van der Waals surface area contributed by atoms with E-state index in [1.807, 2.05) is 0 Å². The van der Waals surface area contributed by atoms with Crippen molar-refractivity contribution >= 4 is 21.7 Å². The van der Waals surface area contributed by atoms with E-state index in [0.717, 1.165) is 48.7 Å². The molecule has 1 atom stereocenters. The van der Waals surface area contributed by atoms with Gasteiger partial charge >= 0.3 is 0 Å². The molecular weight excluding hydrogens is 430 g/mol. The number of rotatable bonds is 4. The topological polar surface area (TPSA) is 39.1 Å². The van der Waals surface area contributed by atoms with Crippen LogP contribution in [-0.2, 0) is 0 Å². The predicted molar refractivity (Wildman–Crippen MR) is 94.3 cm³/mol. The molecule has 1 aromatic heterocycles. The summed E-state index contributed by atoms with van der Waals surface area (Å²) < 4.78 is 55.6. The average Bonchev–Trinajstić information content (AvgIpc) is 2.62. The highest BCUT2D eigenvalue weighted by atomic mass is 79.9. The lowest BCUT2D eigenvalue weighted by molar-refractivity contribution is 0.0989. The number of hydrogen-bond donors (Lipinski definition) is 0. The average molecular weight is 440 g/mol. The van der Waals surface area contributed by atoms with E-state index in [0.29, 0.717) is 10.6 Å². The molecule has 1 heterocycles. The number of pyridine rings is 1. The molecule has 138 valence electrons. The zero-order chi connectivity index (χ0) is 19.7. The summed E-state index contributed by atoms with van der Waals surface area (Å²) in [4.78, 5) is 23.5. The van der Waals surface area contributed by atoms with Crippen molar-refractivity contribution in [1.82, 2.24) is 4.57 Å². The third kappa shape index (κ3) is 3.71. The summed E-state index contributed by atoms with van der Waals surface area (Å²) in [6.45, 7) is 0. The van der Waals surface area contributed by atoms with Crippen molar-refractivity contribution < 1.29 is 22.4 Å². The van der Waals surface area contributed by atoms with Gasteiger partial charge in [-0.25, -0.2) is 17.6 Å². The summed E-state index contributed by atoms with van der Waals surface area (Å²) >= 11 is 3.04. The molecule has 0 amide bonds. The molecule has 0 radical (unpaired) electrons. The second-order valence-corrected chi connectivity index (χ2v) is 6.50.